The molecule has 18 heavy (non-hydrogen) atoms. The second-order valence-corrected chi connectivity index (χ2v) is 5.63. The predicted octanol–water partition coefficient (Wildman–Crippen LogP) is 1.83. The lowest BCUT2D eigenvalue weighted by molar-refractivity contribution is 0.363. The molecular formula is C14H22N4. The first-order valence-electron chi connectivity index (χ1n) is 7.11. The fourth-order valence-corrected chi connectivity index (χ4v) is 2.85. The maximum atomic E-state index is 4.35. The van der Waals surface area contributed by atoms with E-state index in [2.05, 4.69) is 27.1 Å². The summed E-state index contributed by atoms with van der Waals surface area (Å²) in [5.41, 5.74) is 0. The number of nitrogens with one attached hydrogen (secondary N) is 1. The molecule has 0 radical (unpaired) electrons. The summed E-state index contributed by atoms with van der Waals surface area (Å²) >= 11 is 0. The number of hydrogen-bond donors (Lipinski definition) is 1. The van der Waals surface area contributed by atoms with E-state index < -0.39 is 0 Å². The maximum absolute atomic E-state index is 4.35. The summed E-state index contributed by atoms with van der Waals surface area (Å²) in [6, 6.07) is 3.14. The molecule has 0 bridgehead atoms. The van der Waals surface area contributed by atoms with Crippen molar-refractivity contribution in [3.05, 3.63) is 18.5 Å². The van der Waals surface area contributed by atoms with Crippen molar-refractivity contribution in [2.45, 2.75) is 44.7 Å². The monoisotopic (exact) mass is 246 g/mol. The maximum Gasteiger partial charge on any atom is 0.225 e. The molecule has 1 saturated heterocycles. The molecule has 1 aliphatic carbocycles. The second-order valence-electron chi connectivity index (χ2n) is 5.63. The minimum absolute atomic E-state index is 0.596. The molecule has 1 aromatic heterocycles. The molecule has 2 fully saturated rings. The summed E-state index contributed by atoms with van der Waals surface area (Å²) in [5, 5.41) is 3.78. The van der Waals surface area contributed by atoms with Crippen LogP contribution in [0.1, 0.15) is 32.6 Å². The fraction of sp³-hybridized carbons (Fsp3) is 0.714. The first-order chi connectivity index (χ1) is 8.83. The van der Waals surface area contributed by atoms with E-state index in [-0.39, 0.29) is 0 Å². The van der Waals surface area contributed by atoms with Crippen molar-refractivity contribution in [2.75, 3.05) is 18.0 Å². The lowest BCUT2D eigenvalue weighted by atomic mass is 10.0. The van der Waals surface area contributed by atoms with Crippen LogP contribution in [0.2, 0.25) is 0 Å². The van der Waals surface area contributed by atoms with Crippen LogP contribution in [0.4, 0.5) is 5.95 Å². The second kappa shape index (κ2) is 5.22. The Morgan fingerprint density at radius 2 is 2.06 bits per heavy atom. The number of aromatic nitrogens is 2. The van der Waals surface area contributed by atoms with Crippen LogP contribution in [0.5, 0.6) is 0 Å². The van der Waals surface area contributed by atoms with Gasteiger partial charge in [-0.2, -0.15) is 0 Å². The van der Waals surface area contributed by atoms with Gasteiger partial charge in [-0.25, -0.2) is 9.97 Å². The molecule has 2 aliphatic rings. The summed E-state index contributed by atoms with van der Waals surface area (Å²) in [5.74, 6) is 1.80. The molecule has 2 unspecified atom stereocenters. The lowest BCUT2D eigenvalue weighted by Gasteiger charge is -2.34. The van der Waals surface area contributed by atoms with Gasteiger partial charge in [0.1, 0.15) is 0 Å². The summed E-state index contributed by atoms with van der Waals surface area (Å²) < 4.78 is 0. The number of nitrogens with zero attached hydrogens (tertiary/aromatic N) is 3. The normalized spacial score (nSPS) is 26.1. The number of piperidine rings is 1. The minimum Gasteiger partial charge on any atom is -0.339 e. The van der Waals surface area contributed by atoms with Crippen LogP contribution in [-0.4, -0.2) is 35.1 Å². The van der Waals surface area contributed by atoms with Crippen LogP contribution >= 0.6 is 0 Å². The van der Waals surface area contributed by atoms with Crippen LogP contribution in [0.3, 0.4) is 0 Å². The van der Waals surface area contributed by atoms with Crippen LogP contribution in [0.15, 0.2) is 18.5 Å². The topological polar surface area (TPSA) is 41.0 Å². The molecule has 1 N–H and O–H groups in total. The zero-order valence-corrected chi connectivity index (χ0v) is 11.0. The van der Waals surface area contributed by atoms with Gasteiger partial charge in [-0.3, -0.25) is 0 Å². The summed E-state index contributed by atoms with van der Waals surface area (Å²) in [4.78, 5) is 11.0. The van der Waals surface area contributed by atoms with E-state index in [1.54, 1.807) is 0 Å². The fourth-order valence-electron chi connectivity index (χ4n) is 2.85. The van der Waals surface area contributed by atoms with Crippen molar-refractivity contribution < 1.29 is 0 Å². The van der Waals surface area contributed by atoms with E-state index in [4.69, 9.17) is 0 Å². The summed E-state index contributed by atoms with van der Waals surface area (Å²) in [7, 11) is 0. The Morgan fingerprint density at radius 3 is 2.78 bits per heavy atom. The molecule has 0 spiro atoms. The Morgan fingerprint density at radius 1 is 1.28 bits per heavy atom. The number of anilines is 1. The minimum atomic E-state index is 0.596. The quantitative estimate of drug-likeness (QED) is 0.880. The molecule has 0 amide bonds. The van der Waals surface area contributed by atoms with E-state index in [0.717, 1.165) is 25.0 Å². The predicted molar refractivity (Wildman–Crippen MR) is 72.6 cm³/mol. The van der Waals surface area contributed by atoms with Crippen LogP contribution in [0, 0.1) is 5.92 Å². The molecule has 98 valence electrons. The highest BCUT2D eigenvalue weighted by atomic mass is 15.3. The molecule has 0 aromatic carbocycles. The molecule has 2 heterocycles. The van der Waals surface area contributed by atoms with Gasteiger partial charge in [0.2, 0.25) is 5.95 Å². The van der Waals surface area contributed by atoms with Crippen LogP contribution < -0.4 is 10.2 Å². The average Bonchev–Trinajstić information content (AvgIpc) is 3.24. The Balaban J connectivity index is 1.58. The van der Waals surface area contributed by atoms with Gasteiger partial charge in [0.25, 0.3) is 0 Å². The van der Waals surface area contributed by atoms with Crippen LogP contribution in [0.25, 0.3) is 0 Å². The Labute approximate surface area is 109 Å². The standard InChI is InChI=1S/C14H22N4/c1-11(12-5-6-12)17-13-4-2-9-18(10-13)14-15-7-3-8-16-14/h3,7-8,11-13,17H,2,4-6,9-10H2,1H3. The highest BCUT2D eigenvalue weighted by Crippen LogP contribution is 2.32. The SMILES string of the molecule is CC(NC1CCCN(c2ncccn2)C1)C1CC1. The van der Waals surface area contributed by atoms with Gasteiger partial charge in [0.15, 0.2) is 0 Å². The van der Waals surface area contributed by atoms with E-state index in [1.807, 2.05) is 18.5 Å². The van der Waals surface area contributed by atoms with Gasteiger partial charge < -0.3 is 10.2 Å². The van der Waals surface area contributed by atoms with E-state index in [9.17, 15) is 0 Å². The molecule has 1 aliphatic heterocycles. The first kappa shape index (κ1) is 11.9. The number of hydrogen-bond acceptors (Lipinski definition) is 4. The largest absolute Gasteiger partial charge is 0.339 e. The van der Waals surface area contributed by atoms with Gasteiger partial charge in [0, 0.05) is 37.6 Å². The zero-order valence-electron chi connectivity index (χ0n) is 11.0. The summed E-state index contributed by atoms with van der Waals surface area (Å²) in [6.07, 6.45) is 8.98. The third-order valence-electron chi connectivity index (χ3n) is 4.08. The van der Waals surface area contributed by atoms with Crippen LogP contribution in [-0.2, 0) is 0 Å². The van der Waals surface area contributed by atoms with Crippen molar-refractivity contribution in [2.24, 2.45) is 5.92 Å². The van der Waals surface area contributed by atoms with Gasteiger partial charge in [-0.1, -0.05) is 0 Å². The average molecular weight is 246 g/mol. The molecule has 1 aromatic rings. The lowest BCUT2D eigenvalue weighted by Crippen LogP contribution is -2.49. The Bertz CT molecular complexity index is 377. The third kappa shape index (κ3) is 2.80. The molecule has 4 heteroatoms. The van der Waals surface area contributed by atoms with Crippen molar-refractivity contribution >= 4 is 5.95 Å². The Kier molecular flexibility index (Phi) is 3.46. The molecule has 2 atom stereocenters. The highest BCUT2D eigenvalue weighted by molar-refractivity contribution is 5.29. The van der Waals surface area contributed by atoms with Gasteiger partial charge in [-0.05, 0) is 44.6 Å². The van der Waals surface area contributed by atoms with Crippen molar-refractivity contribution in [3.63, 3.8) is 0 Å². The first-order valence-corrected chi connectivity index (χ1v) is 7.11. The molecule has 1 saturated carbocycles. The van der Waals surface area contributed by atoms with Gasteiger partial charge >= 0.3 is 0 Å². The van der Waals surface area contributed by atoms with Crippen molar-refractivity contribution in [1.29, 1.82) is 0 Å². The third-order valence-corrected chi connectivity index (χ3v) is 4.08. The highest BCUT2D eigenvalue weighted by Gasteiger charge is 2.30. The molecule has 3 rings (SSSR count). The van der Waals surface area contributed by atoms with Gasteiger partial charge in [0.05, 0.1) is 0 Å². The van der Waals surface area contributed by atoms with Crippen molar-refractivity contribution in [3.8, 4) is 0 Å². The van der Waals surface area contributed by atoms with Gasteiger partial charge in [-0.15, -0.1) is 0 Å². The number of rotatable bonds is 4. The zero-order chi connectivity index (χ0) is 12.4. The van der Waals surface area contributed by atoms with E-state index in [1.165, 1.54) is 25.7 Å². The van der Waals surface area contributed by atoms with E-state index >= 15 is 0 Å². The van der Waals surface area contributed by atoms with Crippen molar-refractivity contribution in [1.82, 2.24) is 15.3 Å². The molecule has 4 nitrogen and oxygen atoms in total. The van der Waals surface area contributed by atoms with E-state index in [0.29, 0.717) is 12.1 Å². The smallest absolute Gasteiger partial charge is 0.225 e. The molecular weight excluding hydrogens is 224 g/mol. The summed E-state index contributed by atoms with van der Waals surface area (Å²) in [6.45, 7) is 4.46. The Hall–Kier alpha value is -1.16.